The van der Waals surface area contributed by atoms with Gasteiger partial charge in [0.2, 0.25) is 5.41 Å². The van der Waals surface area contributed by atoms with Gasteiger partial charge in [-0.1, -0.05) is 42.5 Å². The summed E-state index contributed by atoms with van der Waals surface area (Å²) < 4.78 is 9.22. The fourth-order valence-electron chi connectivity index (χ4n) is 1.97. The average Bonchev–Trinajstić information content (AvgIpc) is 2.50. The molecule has 0 radical (unpaired) electrons. The molecule has 0 aromatic heterocycles. The Morgan fingerprint density at radius 1 is 1.05 bits per heavy atom. The molecule has 0 fully saturated rings. The second-order valence-corrected chi connectivity index (χ2v) is 4.46. The van der Waals surface area contributed by atoms with Crippen molar-refractivity contribution in [2.45, 2.75) is 13.3 Å². The Kier molecular flexibility index (Phi) is 5.84. The zero-order valence-electron chi connectivity index (χ0n) is 12.3. The van der Waals surface area contributed by atoms with Gasteiger partial charge in [0.15, 0.2) is 5.78 Å². The van der Waals surface area contributed by atoms with Crippen molar-refractivity contribution in [3.63, 3.8) is 0 Å². The number of rotatable bonds is 6. The van der Waals surface area contributed by atoms with Crippen LogP contribution in [0.25, 0.3) is 6.08 Å². The van der Waals surface area contributed by atoms with Gasteiger partial charge in [-0.05, 0) is 18.9 Å². The van der Waals surface area contributed by atoms with Crippen LogP contribution in [0.15, 0.2) is 36.4 Å². The molecule has 1 aromatic rings. The second kappa shape index (κ2) is 7.38. The number of methoxy groups -OCH3 is 2. The molecule has 0 saturated heterocycles. The maximum Gasteiger partial charge on any atom is 0.331 e. The maximum atomic E-state index is 11.9. The van der Waals surface area contributed by atoms with Gasteiger partial charge >= 0.3 is 11.9 Å². The highest BCUT2D eigenvalue weighted by Crippen LogP contribution is 2.28. The number of benzene rings is 1. The van der Waals surface area contributed by atoms with E-state index in [9.17, 15) is 14.4 Å². The fourth-order valence-corrected chi connectivity index (χ4v) is 1.97. The zero-order chi connectivity index (χ0) is 15.9. The van der Waals surface area contributed by atoms with E-state index < -0.39 is 23.1 Å². The lowest BCUT2D eigenvalue weighted by Crippen LogP contribution is -2.46. The Morgan fingerprint density at radius 2 is 1.57 bits per heavy atom. The van der Waals surface area contributed by atoms with Crippen molar-refractivity contribution in [3.05, 3.63) is 42.0 Å². The first kappa shape index (κ1) is 16.6. The van der Waals surface area contributed by atoms with E-state index in [0.29, 0.717) is 0 Å². The van der Waals surface area contributed by atoms with Crippen molar-refractivity contribution in [2.75, 3.05) is 14.2 Å². The van der Waals surface area contributed by atoms with E-state index in [0.717, 1.165) is 19.8 Å². The minimum absolute atomic E-state index is 0.115. The lowest BCUT2D eigenvalue weighted by atomic mass is 9.80. The van der Waals surface area contributed by atoms with Gasteiger partial charge in [-0.25, -0.2) is 0 Å². The first-order valence-corrected chi connectivity index (χ1v) is 6.38. The van der Waals surface area contributed by atoms with Crippen molar-refractivity contribution in [1.29, 1.82) is 0 Å². The average molecular weight is 290 g/mol. The number of carbonyl (C=O) groups is 3. The number of ether oxygens (including phenoxy) is 2. The van der Waals surface area contributed by atoms with Gasteiger partial charge in [0, 0.05) is 0 Å². The van der Waals surface area contributed by atoms with Crippen molar-refractivity contribution < 1.29 is 23.9 Å². The summed E-state index contributed by atoms with van der Waals surface area (Å²) in [5, 5.41) is 0. The molecule has 1 rings (SSSR count). The van der Waals surface area contributed by atoms with E-state index in [-0.39, 0.29) is 6.42 Å². The number of hydrogen-bond acceptors (Lipinski definition) is 5. The molecular weight excluding hydrogens is 272 g/mol. The third kappa shape index (κ3) is 3.56. The highest BCUT2D eigenvalue weighted by molar-refractivity contribution is 6.19. The van der Waals surface area contributed by atoms with Crippen LogP contribution in [-0.2, 0) is 23.9 Å². The molecule has 0 heterocycles. The Balaban J connectivity index is 3.08. The standard InChI is InChI=1S/C16H18O5/c1-12(17)16(14(18)20-2,15(19)21-3)11-7-10-13-8-5-4-6-9-13/h4-10H,11H2,1-3H3/b10-7+. The van der Waals surface area contributed by atoms with Crippen LogP contribution >= 0.6 is 0 Å². The first-order chi connectivity index (χ1) is 9.98. The second-order valence-electron chi connectivity index (χ2n) is 4.46. The SMILES string of the molecule is COC(=O)C(C/C=C/c1ccccc1)(C(C)=O)C(=O)OC. The predicted molar refractivity (Wildman–Crippen MR) is 77.2 cm³/mol. The third-order valence-corrected chi connectivity index (χ3v) is 3.20. The van der Waals surface area contributed by atoms with Crippen LogP contribution in [0.2, 0.25) is 0 Å². The monoisotopic (exact) mass is 290 g/mol. The Bertz CT molecular complexity index is 529. The molecule has 0 aliphatic carbocycles. The van der Waals surface area contributed by atoms with Gasteiger partial charge in [0.1, 0.15) is 0 Å². The number of carbonyl (C=O) groups excluding carboxylic acids is 3. The van der Waals surface area contributed by atoms with Crippen molar-refractivity contribution in [1.82, 2.24) is 0 Å². The molecule has 0 spiro atoms. The summed E-state index contributed by atoms with van der Waals surface area (Å²) >= 11 is 0. The van der Waals surface area contributed by atoms with Crippen LogP contribution in [0.3, 0.4) is 0 Å². The summed E-state index contributed by atoms with van der Waals surface area (Å²) in [4.78, 5) is 35.8. The van der Waals surface area contributed by atoms with E-state index in [1.165, 1.54) is 6.92 Å². The van der Waals surface area contributed by atoms with E-state index in [1.807, 2.05) is 30.3 Å². The van der Waals surface area contributed by atoms with Gasteiger partial charge in [0.25, 0.3) is 0 Å². The molecule has 0 aliphatic rings. The Labute approximate surface area is 123 Å². The molecule has 0 N–H and O–H groups in total. The number of hydrogen-bond donors (Lipinski definition) is 0. The van der Waals surface area contributed by atoms with Crippen molar-refractivity contribution in [2.24, 2.45) is 5.41 Å². The van der Waals surface area contributed by atoms with E-state index in [1.54, 1.807) is 12.2 Å². The Morgan fingerprint density at radius 3 is 2.00 bits per heavy atom. The zero-order valence-corrected chi connectivity index (χ0v) is 12.3. The third-order valence-electron chi connectivity index (χ3n) is 3.20. The van der Waals surface area contributed by atoms with Gasteiger partial charge in [0.05, 0.1) is 14.2 Å². The highest BCUT2D eigenvalue weighted by Gasteiger charge is 2.52. The minimum atomic E-state index is -1.95. The number of Topliss-reactive ketones (excluding diaryl/α,β-unsaturated/α-hetero) is 1. The van der Waals surface area contributed by atoms with E-state index >= 15 is 0 Å². The maximum absolute atomic E-state index is 11.9. The van der Waals surface area contributed by atoms with Crippen LogP contribution in [0.4, 0.5) is 0 Å². The molecule has 112 valence electrons. The molecule has 0 bridgehead atoms. The van der Waals surface area contributed by atoms with Gasteiger partial charge in [-0.3, -0.25) is 14.4 Å². The molecule has 0 unspecified atom stereocenters. The smallest absolute Gasteiger partial charge is 0.331 e. The lowest BCUT2D eigenvalue weighted by Gasteiger charge is -2.23. The van der Waals surface area contributed by atoms with Gasteiger partial charge < -0.3 is 9.47 Å². The predicted octanol–water partition coefficient (Wildman–Crippen LogP) is 2.01. The van der Waals surface area contributed by atoms with Crippen LogP contribution in [0.5, 0.6) is 0 Å². The number of esters is 2. The topological polar surface area (TPSA) is 69.7 Å². The minimum Gasteiger partial charge on any atom is -0.468 e. The molecule has 0 atom stereocenters. The number of ketones is 1. The molecule has 0 saturated carbocycles. The van der Waals surface area contributed by atoms with Gasteiger partial charge in [-0.15, -0.1) is 0 Å². The molecule has 21 heavy (non-hydrogen) atoms. The Hall–Kier alpha value is -2.43. The summed E-state index contributed by atoms with van der Waals surface area (Å²) in [5.74, 6) is -2.45. The summed E-state index contributed by atoms with van der Waals surface area (Å²) in [7, 11) is 2.26. The van der Waals surface area contributed by atoms with Crippen molar-refractivity contribution in [3.8, 4) is 0 Å². The van der Waals surface area contributed by atoms with Crippen LogP contribution in [0, 0.1) is 5.41 Å². The van der Waals surface area contributed by atoms with Crippen molar-refractivity contribution >= 4 is 23.8 Å². The van der Waals surface area contributed by atoms with Crippen LogP contribution < -0.4 is 0 Å². The van der Waals surface area contributed by atoms with Gasteiger partial charge in [-0.2, -0.15) is 0 Å². The summed E-state index contributed by atoms with van der Waals surface area (Å²) in [6, 6.07) is 9.32. The van der Waals surface area contributed by atoms with E-state index in [2.05, 4.69) is 9.47 Å². The normalized spacial score (nSPS) is 11.2. The largest absolute Gasteiger partial charge is 0.468 e. The molecule has 1 aromatic carbocycles. The molecular formula is C16H18O5. The quantitative estimate of drug-likeness (QED) is 0.592. The molecule has 5 nitrogen and oxygen atoms in total. The highest BCUT2D eigenvalue weighted by atomic mass is 16.5. The summed E-state index contributed by atoms with van der Waals surface area (Å²) in [6.45, 7) is 1.17. The molecule has 0 amide bonds. The van der Waals surface area contributed by atoms with Crippen LogP contribution in [0.1, 0.15) is 18.9 Å². The number of allylic oxidation sites excluding steroid dienone is 1. The molecule has 0 aliphatic heterocycles. The van der Waals surface area contributed by atoms with Crippen LogP contribution in [-0.4, -0.2) is 31.9 Å². The summed E-state index contributed by atoms with van der Waals surface area (Å²) in [6.07, 6.45) is 3.20. The van der Waals surface area contributed by atoms with E-state index in [4.69, 9.17) is 0 Å². The summed E-state index contributed by atoms with van der Waals surface area (Å²) in [5.41, 5.74) is -1.06. The fraction of sp³-hybridized carbons (Fsp3) is 0.312. The molecule has 5 heteroatoms. The lowest BCUT2D eigenvalue weighted by molar-refractivity contribution is -0.171. The first-order valence-electron chi connectivity index (χ1n) is 6.38.